The predicted octanol–water partition coefficient (Wildman–Crippen LogP) is 5.69. The molecule has 0 spiro atoms. The lowest BCUT2D eigenvalue weighted by atomic mass is 9.95. The van der Waals surface area contributed by atoms with Crippen LogP contribution in [0.15, 0.2) is 115 Å². The minimum Gasteiger partial charge on any atom is -0.403 e. The minimum atomic E-state index is -0.453. The predicted molar refractivity (Wildman–Crippen MR) is 130 cm³/mol. The van der Waals surface area contributed by atoms with Crippen molar-refractivity contribution in [3.8, 4) is 34.0 Å². The molecule has 4 aromatic carbocycles. The van der Waals surface area contributed by atoms with E-state index in [1.165, 1.54) is 0 Å². The molecule has 0 amide bonds. The van der Waals surface area contributed by atoms with Crippen molar-refractivity contribution in [1.82, 2.24) is 9.97 Å². The van der Waals surface area contributed by atoms with Crippen LogP contribution in [-0.2, 0) is 0 Å². The summed E-state index contributed by atoms with van der Waals surface area (Å²) in [5, 5.41) is 0.845. The topological polar surface area (TPSA) is 86.2 Å². The van der Waals surface area contributed by atoms with E-state index in [1.807, 2.05) is 60.7 Å². The zero-order valence-corrected chi connectivity index (χ0v) is 17.8. The van der Waals surface area contributed by atoms with Gasteiger partial charge in [-0.3, -0.25) is 0 Å². The van der Waals surface area contributed by atoms with Crippen LogP contribution in [0.3, 0.4) is 0 Å². The number of hydrogen-bond acceptors (Lipinski definition) is 6. The molecule has 0 N–H and O–H groups in total. The molecule has 6 nitrogen and oxygen atoms in total. The summed E-state index contributed by atoms with van der Waals surface area (Å²) in [6, 6.07) is 29.1. The summed E-state index contributed by atoms with van der Waals surface area (Å²) < 4.78 is 11.2. The summed E-state index contributed by atoms with van der Waals surface area (Å²) in [5.74, 6) is 0.420. The molecule has 0 aliphatic rings. The van der Waals surface area contributed by atoms with Crippen LogP contribution in [0, 0.1) is 0 Å². The van der Waals surface area contributed by atoms with Crippen LogP contribution in [0.25, 0.3) is 55.8 Å². The van der Waals surface area contributed by atoms with Gasteiger partial charge in [0, 0.05) is 11.1 Å². The van der Waals surface area contributed by atoms with Gasteiger partial charge < -0.3 is 8.83 Å². The van der Waals surface area contributed by atoms with Crippen LogP contribution in [0.4, 0.5) is 0 Å². The molecule has 2 aromatic heterocycles. The summed E-state index contributed by atoms with van der Waals surface area (Å²) in [7, 11) is 0. The van der Waals surface area contributed by atoms with Crippen molar-refractivity contribution in [2.75, 3.05) is 0 Å². The molecule has 34 heavy (non-hydrogen) atoms. The molecule has 0 saturated carbocycles. The molecule has 6 rings (SSSR count). The highest BCUT2D eigenvalue weighted by Gasteiger charge is 2.18. The molecule has 2 heterocycles. The van der Waals surface area contributed by atoms with Crippen molar-refractivity contribution in [3.05, 3.63) is 118 Å². The van der Waals surface area contributed by atoms with Gasteiger partial charge in [0.15, 0.2) is 0 Å². The summed E-state index contributed by atoms with van der Waals surface area (Å²) >= 11 is 0. The number of rotatable bonds is 3. The van der Waals surface area contributed by atoms with Crippen LogP contribution >= 0.6 is 0 Å². The minimum absolute atomic E-state index is 0.210. The molecule has 0 saturated heterocycles. The molecule has 0 atom stereocenters. The third kappa shape index (κ3) is 3.29. The Bertz CT molecular complexity index is 1680. The van der Waals surface area contributed by atoms with Crippen LogP contribution in [0.1, 0.15) is 0 Å². The Hall–Kier alpha value is -4.84. The molecule has 6 heteroatoms. The summed E-state index contributed by atoms with van der Waals surface area (Å²) in [6.07, 6.45) is 0. The van der Waals surface area contributed by atoms with Crippen LogP contribution in [-0.4, -0.2) is 9.97 Å². The quantitative estimate of drug-likeness (QED) is 0.349. The fourth-order valence-corrected chi connectivity index (χ4v) is 4.08. The Balaban J connectivity index is 1.58. The van der Waals surface area contributed by atoms with E-state index in [0.29, 0.717) is 32.9 Å². The van der Waals surface area contributed by atoms with Gasteiger partial charge in [0.05, 0.1) is 21.8 Å². The summed E-state index contributed by atoms with van der Waals surface area (Å²) in [4.78, 5) is 34.4. The zero-order valence-electron chi connectivity index (χ0n) is 17.8. The van der Waals surface area contributed by atoms with E-state index in [2.05, 4.69) is 9.97 Å². The van der Waals surface area contributed by atoms with Gasteiger partial charge in [-0.25, -0.2) is 19.6 Å². The third-order valence-electron chi connectivity index (χ3n) is 5.68. The van der Waals surface area contributed by atoms with Crippen LogP contribution in [0.5, 0.6) is 0 Å². The molecule has 0 bridgehead atoms. The van der Waals surface area contributed by atoms with Gasteiger partial charge in [-0.2, -0.15) is 0 Å². The molecule has 162 valence electrons. The summed E-state index contributed by atoms with van der Waals surface area (Å²) in [6.45, 7) is 0. The van der Waals surface area contributed by atoms with E-state index < -0.39 is 11.3 Å². The van der Waals surface area contributed by atoms with Crippen molar-refractivity contribution >= 4 is 21.8 Å². The second-order valence-electron chi connectivity index (χ2n) is 7.74. The Morgan fingerprint density at radius 1 is 0.441 bits per heavy atom. The Morgan fingerprint density at radius 2 is 0.794 bits per heavy atom. The second-order valence-corrected chi connectivity index (χ2v) is 7.74. The van der Waals surface area contributed by atoms with Gasteiger partial charge in [-0.05, 0) is 47.5 Å². The Morgan fingerprint density at radius 3 is 1.24 bits per heavy atom. The number of hydrogen-bond donors (Lipinski definition) is 0. The van der Waals surface area contributed by atoms with Gasteiger partial charge in [-0.15, -0.1) is 0 Å². The van der Waals surface area contributed by atoms with Gasteiger partial charge in [-0.1, -0.05) is 60.7 Å². The SMILES string of the molecule is O=c1oc(-c2ccccc2-c2ccccc2-c2nc3ccccc3c(=O)o2)nc2ccccc12. The summed E-state index contributed by atoms with van der Waals surface area (Å²) in [5.41, 5.74) is 3.01. The Labute approximate surface area is 192 Å². The van der Waals surface area contributed by atoms with Gasteiger partial charge in [0.25, 0.3) is 0 Å². The molecule has 0 unspecified atom stereocenters. The fourth-order valence-electron chi connectivity index (χ4n) is 4.08. The average Bonchev–Trinajstić information content (AvgIpc) is 2.89. The van der Waals surface area contributed by atoms with E-state index in [1.54, 1.807) is 36.4 Å². The lowest BCUT2D eigenvalue weighted by molar-refractivity contribution is 0.517. The monoisotopic (exact) mass is 444 g/mol. The normalized spacial score (nSPS) is 11.2. The van der Waals surface area contributed by atoms with E-state index in [0.717, 1.165) is 11.1 Å². The molecule has 0 radical (unpaired) electrons. The third-order valence-corrected chi connectivity index (χ3v) is 5.68. The van der Waals surface area contributed by atoms with Crippen molar-refractivity contribution in [2.45, 2.75) is 0 Å². The lowest BCUT2D eigenvalue weighted by Gasteiger charge is -2.12. The molecule has 0 aliphatic carbocycles. The first-order valence-corrected chi connectivity index (χ1v) is 10.7. The average molecular weight is 444 g/mol. The maximum Gasteiger partial charge on any atom is 0.347 e. The van der Waals surface area contributed by atoms with Crippen LogP contribution < -0.4 is 11.3 Å². The maximum atomic E-state index is 12.6. The number of para-hydroxylation sites is 2. The second kappa shape index (κ2) is 7.94. The highest BCUT2D eigenvalue weighted by atomic mass is 16.4. The zero-order chi connectivity index (χ0) is 23.1. The van der Waals surface area contributed by atoms with Crippen molar-refractivity contribution in [3.63, 3.8) is 0 Å². The first-order chi connectivity index (χ1) is 16.7. The molecular formula is C28H16N2O4. The lowest BCUT2D eigenvalue weighted by Crippen LogP contribution is -2.04. The van der Waals surface area contributed by atoms with E-state index >= 15 is 0 Å². The molecule has 6 aromatic rings. The van der Waals surface area contributed by atoms with Gasteiger partial charge in [0.2, 0.25) is 11.8 Å². The van der Waals surface area contributed by atoms with Gasteiger partial charge >= 0.3 is 11.3 Å². The maximum absolute atomic E-state index is 12.6. The van der Waals surface area contributed by atoms with E-state index in [9.17, 15) is 9.59 Å². The first kappa shape index (κ1) is 19.8. The smallest absolute Gasteiger partial charge is 0.347 e. The van der Waals surface area contributed by atoms with E-state index in [4.69, 9.17) is 8.83 Å². The van der Waals surface area contributed by atoms with Crippen LogP contribution in [0.2, 0.25) is 0 Å². The number of aromatic nitrogens is 2. The van der Waals surface area contributed by atoms with Crippen molar-refractivity contribution in [1.29, 1.82) is 0 Å². The number of benzene rings is 4. The highest BCUT2D eigenvalue weighted by Crippen LogP contribution is 2.37. The molecule has 0 fully saturated rings. The fraction of sp³-hybridized carbons (Fsp3) is 0. The highest BCUT2D eigenvalue weighted by molar-refractivity contribution is 5.90. The van der Waals surface area contributed by atoms with Crippen molar-refractivity contribution in [2.24, 2.45) is 0 Å². The standard InChI is InChI=1S/C28H16N2O4/c31-27-21-13-5-7-15-23(21)29-25(33-27)19-11-3-1-9-17(19)18-10-2-4-12-20(18)26-30-24-16-8-6-14-22(24)28(32)34-26/h1-16H. The molecular weight excluding hydrogens is 428 g/mol. The number of fused-ring (bicyclic) bond motifs is 2. The first-order valence-electron chi connectivity index (χ1n) is 10.7. The van der Waals surface area contributed by atoms with Crippen molar-refractivity contribution < 1.29 is 8.83 Å². The van der Waals surface area contributed by atoms with Gasteiger partial charge in [0.1, 0.15) is 0 Å². The molecule has 0 aliphatic heterocycles. The largest absolute Gasteiger partial charge is 0.403 e. The number of nitrogens with zero attached hydrogens (tertiary/aromatic N) is 2. The Kier molecular flexibility index (Phi) is 4.63. The van der Waals surface area contributed by atoms with E-state index in [-0.39, 0.29) is 11.8 Å².